The molecule has 0 amide bonds. The Morgan fingerprint density at radius 2 is 1.43 bits per heavy atom. The van der Waals surface area contributed by atoms with E-state index in [-0.39, 0.29) is 78.1 Å². The van der Waals surface area contributed by atoms with Crippen LogP contribution in [0.4, 0.5) is 0 Å². The van der Waals surface area contributed by atoms with E-state index >= 15 is 0 Å². The average Bonchev–Trinajstić information content (AvgIpc) is 2.75. The number of ether oxygens (including phenoxy) is 2. The van der Waals surface area contributed by atoms with E-state index in [0.717, 1.165) is 6.42 Å². The molecule has 0 saturated carbocycles. The predicted molar refractivity (Wildman–Crippen MR) is 141 cm³/mol. The van der Waals surface area contributed by atoms with Crippen LogP contribution in [0.1, 0.15) is 98.0 Å². The number of aliphatic hydroxyl groups excluding tert-OH is 2. The van der Waals surface area contributed by atoms with E-state index < -0.39 is 16.7 Å². The van der Waals surface area contributed by atoms with Gasteiger partial charge in [-0.05, 0) is 41.9 Å². The molecule has 2 N–H and O–H groups in total. The standard InChI is InChI=1S/C30H40O7/c1-7-9-10-25(35)37-23-12-11-18(13-24(23)36-8-2)26(27-19(31)14-29(3,4)15-20(27)32)28-21(33)16-30(5,6)17-22(28)34/h11-13,26,31,33H,7-10,14-17H2,1-6H3. The van der Waals surface area contributed by atoms with Gasteiger partial charge in [0.25, 0.3) is 0 Å². The molecular weight excluding hydrogens is 472 g/mol. The molecule has 0 aliphatic heterocycles. The summed E-state index contributed by atoms with van der Waals surface area (Å²) in [5.41, 5.74) is -0.0803. The molecule has 0 heterocycles. The monoisotopic (exact) mass is 512 g/mol. The smallest absolute Gasteiger partial charge is 0.311 e. The lowest BCUT2D eigenvalue weighted by atomic mass is 9.67. The number of ketones is 2. The lowest BCUT2D eigenvalue weighted by Crippen LogP contribution is -2.33. The number of esters is 1. The van der Waals surface area contributed by atoms with E-state index in [2.05, 4.69) is 0 Å². The summed E-state index contributed by atoms with van der Waals surface area (Å²) >= 11 is 0. The maximum absolute atomic E-state index is 13.4. The van der Waals surface area contributed by atoms with Gasteiger partial charge in [-0.2, -0.15) is 0 Å². The highest BCUT2D eigenvalue weighted by atomic mass is 16.6. The molecule has 0 bridgehead atoms. The Morgan fingerprint density at radius 1 is 0.892 bits per heavy atom. The summed E-state index contributed by atoms with van der Waals surface area (Å²) in [5, 5.41) is 22.2. The molecule has 7 nitrogen and oxygen atoms in total. The number of rotatable bonds is 9. The highest BCUT2D eigenvalue weighted by Gasteiger charge is 2.43. The van der Waals surface area contributed by atoms with Gasteiger partial charge in [-0.25, -0.2) is 0 Å². The summed E-state index contributed by atoms with van der Waals surface area (Å²) in [5.74, 6) is -1.46. The SMILES string of the molecule is CCCCC(=O)Oc1ccc(C(C2=C(O)CC(C)(C)CC2=O)C2=C(O)CC(C)(C)CC2=O)cc1OCC. The third-order valence-electron chi connectivity index (χ3n) is 6.93. The molecule has 1 aromatic carbocycles. The number of Topliss-reactive ketones (excluding diaryl/α,β-unsaturated/α-hetero) is 2. The van der Waals surface area contributed by atoms with Gasteiger partial charge in [0.15, 0.2) is 23.1 Å². The molecule has 202 valence electrons. The van der Waals surface area contributed by atoms with Crippen molar-refractivity contribution in [2.75, 3.05) is 6.61 Å². The van der Waals surface area contributed by atoms with Gasteiger partial charge in [-0.1, -0.05) is 47.1 Å². The quantitative estimate of drug-likeness (QED) is 0.281. The summed E-state index contributed by atoms with van der Waals surface area (Å²) < 4.78 is 11.3. The van der Waals surface area contributed by atoms with Crippen LogP contribution in [0, 0.1) is 10.8 Å². The summed E-state index contributed by atoms with van der Waals surface area (Å²) in [6, 6.07) is 4.88. The molecule has 7 heteroatoms. The third-order valence-corrected chi connectivity index (χ3v) is 6.93. The first-order valence-electron chi connectivity index (χ1n) is 13.2. The topological polar surface area (TPSA) is 110 Å². The van der Waals surface area contributed by atoms with Crippen LogP contribution < -0.4 is 9.47 Å². The fourth-order valence-corrected chi connectivity index (χ4v) is 5.29. The Bertz CT molecular complexity index is 1080. The minimum atomic E-state index is -0.962. The van der Waals surface area contributed by atoms with Crippen molar-refractivity contribution in [1.29, 1.82) is 0 Å². The van der Waals surface area contributed by atoms with E-state index in [1.165, 1.54) is 0 Å². The summed E-state index contributed by atoms with van der Waals surface area (Å²) in [6.45, 7) is 11.7. The number of carbonyl (C=O) groups excluding carboxylic acids is 3. The summed E-state index contributed by atoms with van der Waals surface area (Å²) in [7, 11) is 0. The van der Waals surface area contributed by atoms with Crippen molar-refractivity contribution in [2.24, 2.45) is 10.8 Å². The average molecular weight is 513 g/mol. The first-order valence-corrected chi connectivity index (χ1v) is 13.2. The van der Waals surface area contributed by atoms with Crippen molar-refractivity contribution in [1.82, 2.24) is 0 Å². The maximum atomic E-state index is 13.4. The molecule has 37 heavy (non-hydrogen) atoms. The van der Waals surface area contributed by atoms with E-state index in [0.29, 0.717) is 24.3 Å². The normalized spacial score (nSPS) is 19.4. The largest absolute Gasteiger partial charge is 0.512 e. The Kier molecular flexibility index (Phi) is 8.56. The summed E-state index contributed by atoms with van der Waals surface area (Å²) in [4.78, 5) is 39.1. The zero-order chi connectivity index (χ0) is 27.5. The van der Waals surface area contributed by atoms with Crippen molar-refractivity contribution in [2.45, 2.75) is 92.4 Å². The highest BCUT2D eigenvalue weighted by Crippen LogP contribution is 2.48. The van der Waals surface area contributed by atoms with Crippen LogP contribution in [-0.2, 0) is 14.4 Å². The molecule has 0 radical (unpaired) electrons. The van der Waals surface area contributed by atoms with Crippen molar-refractivity contribution < 1.29 is 34.1 Å². The van der Waals surface area contributed by atoms with Gasteiger partial charge >= 0.3 is 5.97 Å². The number of hydrogen-bond acceptors (Lipinski definition) is 7. The third kappa shape index (κ3) is 6.62. The molecular formula is C30H40O7. The molecule has 2 aliphatic carbocycles. The minimum absolute atomic E-state index is 0.0720. The Hall–Kier alpha value is -3.09. The van der Waals surface area contributed by atoms with Crippen LogP contribution in [0.5, 0.6) is 11.5 Å². The molecule has 0 fully saturated rings. The number of hydrogen-bond donors (Lipinski definition) is 2. The first kappa shape index (κ1) is 28.5. The van der Waals surface area contributed by atoms with Crippen molar-refractivity contribution in [3.8, 4) is 11.5 Å². The number of carbonyl (C=O) groups is 3. The van der Waals surface area contributed by atoms with Crippen molar-refractivity contribution in [3.05, 3.63) is 46.4 Å². The van der Waals surface area contributed by atoms with E-state index in [1.54, 1.807) is 25.1 Å². The fraction of sp³-hybridized carbons (Fsp3) is 0.567. The number of allylic oxidation sites excluding steroid dienone is 4. The van der Waals surface area contributed by atoms with Crippen LogP contribution in [0.3, 0.4) is 0 Å². The zero-order valence-electron chi connectivity index (χ0n) is 22.9. The Morgan fingerprint density at radius 3 is 1.89 bits per heavy atom. The molecule has 0 atom stereocenters. The van der Waals surface area contributed by atoms with Crippen LogP contribution in [0.2, 0.25) is 0 Å². The maximum Gasteiger partial charge on any atom is 0.311 e. The van der Waals surface area contributed by atoms with Crippen LogP contribution in [-0.4, -0.2) is 34.4 Å². The predicted octanol–water partition coefficient (Wildman–Crippen LogP) is 6.67. The number of aliphatic hydroxyl groups is 2. The van der Waals surface area contributed by atoms with E-state index in [9.17, 15) is 24.6 Å². The first-order chi connectivity index (χ1) is 17.3. The molecule has 1 aromatic rings. The van der Waals surface area contributed by atoms with Gasteiger partial charge in [0, 0.05) is 49.2 Å². The lowest BCUT2D eigenvalue weighted by molar-refractivity contribution is -0.134. The van der Waals surface area contributed by atoms with Crippen molar-refractivity contribution in [3.63, 3.8) is 0 Å². The molecule has 2 aliphatic rings. The summed E-state index contributed by atoms with van der Waals surface area (Å²) in [6.07, 6.45) is 2.84. The number of benzene rings is 1. The molecule has 0 aromatic heterocycles. The zero-order valence-corrected chi connectivity index (χ0v) is 22.9. The van der Waals surface area contributed by atoms with E-state index in [4.69, 9.17) is 9.47 Å². The highest BCUT2D eigenvalue weighted by molar-refractivity contribution is 6.05. The fourth-order valence-electron chi connectivity index (χ4n) is 5.29. The number of unbranched alkanes of at least 4 members (excludes halogenated alkanes) is 1. The lowest BCUT2D eigenvalue weighted by Gasteiger charge is -2.36. The van der Waals surface area contributed by atoms with Gasteiger partial charge in [0.1, 0.15) is 11.5 Å². The van der Waals surface area contributed by atoms with E-state index in [1.807, 2.05) is 34.6 Å². The minimum Gasteiger partial charge on any atom is -0.512 e. The van der Waals surface area contributed by atoms with Crippen LogP contribution in [0.25, 0.3) is 0 Å². The van der Waals surface area contributed by atoms with Crippen molar-refractivity contribution >= 4 is 17.5 Å². The second-order valence-electron chi connectivity index (χ2n) is 11.8. The second kappa shape index (κ2) is 11.1. The Balaban J connectivity index is 2.18. The van der Waals surface area contributed by atoms with Gasteiger partial charge in [-0.15, -0.1) is 0 Å². The van der Waals surface area contributed by atoms with Gasteiger partial charge in [-0.3, -0.25) is 14.4 Å². The molecule has 0 saturated heterocycles. The van der Waals surface area contributed by atoms with Gasteiger partial charge in [0.05, 0.1) is 6.61 Å². The van der Waals surface area contributed by atoms with Crippen LogP contribution >= 0.6 is 0 Å². The molecule has 0 unspecified atom stereocenters. The second-order valence-corrected chi connectivity index (χ2v) is 11.8. The van der Waals surface area contributed by atoms with Gasteiger partial charge in [0.2, 0.25) is 0 Å². The molecule has 0 spiro atoms. The Labute approximate surface area is 219 Å². The van der Waals surface area contributed by atoms with Gasteiger partial charge < -0.3 is 19.7 Å². The van der Waals surface area contributed by atoms with Crippen LogP contribution in [0.15, 0.2) is 40.9 Å². The molecule has 3 rings (SSSR count).